The Bertz CT molecular complexity index is 2000. The SMILES string of the molecule is N#CC1=C(c2ccc3c(c2)OC2C=CC=CC32)CCC(c2cccc3c2sc2ccccc23)C=C1c1ccccc1. The molecule has 0 amide bonds. The average molecular weight is 546 g/mol. The molecule has 2 nitrogen and oxygen atoms in total. The molecule has 4 aromatic carbocycles. The van der Waals surface area contributed by atoms with Gasteiger partial charge in [-0.15, -0.1) is 11.3 Å². The van der Waals surface area contributed by atoms with E-state index in [-0.39, 0.29) is 17.9 Å². The lowest BCUT2D eigenvalue weighted by Crippen LogP contribution is -2.15. The molecule has 41 heavy (non-hydrogen) atoms. The van der Waals surface area contributed by atoms with Crippen LogP contribution in [0.5, 0.6) is 5.75 Å². The number of nitrogens with zero attached hydrogens (tertiary/aromatic N) is 1. The molecule has 3 atom stereocenters. The molecule has 3 heteroatoms. The minimum Gasteiger partial charge on any atom is -0.485 e. The highest BCUT2D eigenvalue weighted by Crippen LogP contribution is 2.47. The van der Waals surface area contributed by atoms with Crippen molar-refractivity contribution < 1.29 is 4.74 Å². The van der Waals surface area contributed by atoms with Gasteiger partial charge in [-0.3, -0.25) is 0 Å². The van der Waals surface area contributed by atoms with Crippen LogP contribution >= 0.6 is 11.3 Å². The van der Waals surface area contributed by atoms with Crippen molar-refractivity contribution in [2.75, 3.05) is 0 Å². The first kappa shape index (κ1) is 24.2. The predicted molar refractivity (Wildman–Crippen MR) is 170 cm³/mol. The van der Waals surface area contributed by atoms with Crippen molar-refractivity contribution in [2.45, 2.75) is 30.8 Å². The van der Waals surface area contributed by atoms with Gasteiger partial charge in [-0.1, -0.05) is 103 Å². The number of rotatable bonds is 3. The summed E-state index contributed by atoms with van der Waals surface area (Å²) in [6.07, 6.45) is 12.7. The van der Waals surface area contributed by atoms with E-state index in [1.165, 1.54) is 31.3 Å². The van der Waals surface area contributed by atoms with Crippen LogP contribution in [-0.4, -0.2) is 6.10 Å². The zero-order chi connectivity index (χ0) is 27.3. The molecule has 2 aliphatic carbocycles. The monoisotopic (exact) mass is 545 g/mol. The fourth-order valence-corrected chi connectivity index (χ4v) is 8.04. The summed E-state index contributed by atoms with van der Waals surface area (Å²) in [5, 5.41) is 13.3. The van der Waals surface area contributed by atoms with E-state index in [0.29, 0.717) is 0 Å². The van der Waals surface area contributed by atoms with E-state index in [9.17, 15) is 5.26 Å². The molecule has 3 aliphatic rings. The van der Waals surface area contributed by atoms with Crippen molar-refractivity contribution in [3.8, 4) is 11.8 Å². The first-order chi connectivity index (χ1) is 20.3. The lowest BCUT2D eigenvalue weighted by molar-refractivity contribution is 0.269. The third-order valence-corrected chi connectivity index (χ3v) is 9.98. The third-order valence-electron chi connectivity index (χ3n) is 8.74. The molecular formula is C38H27NOS. The summed E-state index contributed by atoms with van der Waals surface area (Å²) >= 11 is 1.88. The van der Waals surface area contributed by atoms with Gasteiger partial charge in [-0.25, -0.2) is 0 Å². The van der Waals surface area contributed by atoms with Gasteiger partial charge < -0.3 is 4.74 Å². The second kappa shape index (κ2) is 9.77. The molecule has 0 radical (unpaired) electrons. The molecule has 0 saturated heterocycles. The molecule has 0 bridgehead atoms. The average Bonchev–Trinajstić information content (AvgIpc) is 3.53. The van der Waals surface area contributed by atoms with E-state index in [2.05, 4.69) is 121 Å². The lowest BCUT2D eigenvalue weighted by atomic mass is 9.88. The van der Waals surface area contributed by atoms with Crippen LogP contribution in [0, 0.1) is 11.3 Å². The van der Waals surface area contributed by atoms with E-state index in [1.807, 2.05) is 17.4 Å². The van der Waals surface area contributed by atoms with Crippen molar-refractivity contribution >= 4 is 42.7 Å². The molecule has 1 aromatic heterocycles. The summed E-state index contributed by atoms with van der Waals surface area (Å²) in [5.74, 6) is 1.37. The van der Waals surface area contributed by atoms with Crippen molar-refractivity contribution in [1.29, 1.82) is 5.26 Å². The van der Waals surface area contributed by atoms with Crippen LogP contribution in [0.25, 0.3) is 31.3 Å². The molecular weight excluding hydrogens is 518 g/mol. The number of hydrogen-bond acceptors (Lipinski definition) is 3. The minimum atomic E-state index is 0.0507. The van der Waals surface area contributed by atoms with Crippen molar-refractivity contribution in [3.63, 3.8) is 0 Å². The molecule has 3 unspecified atom stereocenters. The zero-order valence-electron chi connectivity index (χ0n) is 22.5. The molecule has 196 valence electrons. The van der Waals surface area contributed by atoms with E-state index < -0.39 is 0 Å². The van der Waals surface area contributed by atoms with Gasteiger partial charge in [0, 0.05) is 37.6 Å². The van der Waals surface area contributed by atoms with E-state index in [0.717, 1.165) is 46.4 Å². The first-order valence-corrected chi connectivity index (χ1v) is 15.1. The summed E-state index contributed by atoms with van der Waals surface area (Å²) in [4.78, 5) is 0. The number of fused-ring (bicyclic) bond motifs is 6. The molecule has 8 rings (SSSR count). The van der Waals surface area contributed by atoms with Crippen molar-refractivity contribution in [1.82, 2.24) is 0 Å². The Kier molecular flexibility index (Phi) is 5.76. The Morgan fingerprint density at radius 1 is 0.780 bits per heavy atom. The van der Waals surface area contributed by atoms with Crippen LogP contribution in [0.4, 0.5) is 0 Å². The number of benzene rings is 4. The molecule has 2 heterocycles. The molecule has 5 aromatic rings. The maximum atomic E-state index is 10.7. The quantitative estimate of drug-likeness (QED) is 0.226. The van der Waals surface area contributed by atoms with Crippen LogP contribution in [0.15, 0.2) is 127 Å². The number of thiophene rings is 1. The summed E-state index contributed by atoms with van der Waals surface area (Å²) < 4.78 is 9.03. The number of nitriles is 1. The Morgan fingerprint density at radius 3 is 2.51 bits per heavy atom. The maximum absolute atomic E-state index is 10.7. The minimum absolute atomic E-state index is 0.0507. The van der Waals surface area contributed by atoms with Crippen LogP contribution in [0.1, 0.15) is 46.9 Å². The van der Waals surface area contributed by atoms with Gasteiger partial charge in [-0.05, 0) is 58.9 Å². The smallest absolute Gasteiger partial charge is 0.128 e. The topological polar surface area (TPSA) is 33.0 Å². The van der Waals surface area contributed by atoms with E-state index in [4.69, 9.17) is 4.74 Å². The highest BCUT2D eigenvalue weighted by atomic mass is 32.1. The summed E-state index contributed by atoms with van der Waals surface area (Å²) in [6.45, 7) is 0. The Labute approximate surface area is 243 Å². The molecule has 0 fully saturated rings. The van der Waals surface area contributed by atoms with Gasteiger partial charge in [-0.2, -0.15) is 5.26 Å². The molecule has 0 N–H and O–H groups in total. The van der Waals surface area contributed by atoms with Crippen LogP contribution in [0.2, 0.25) is 0 Å². The van der Waals surface area contributed by atoms with Crippen LogP contribution in [0.3, 0.4) is 0 Å². The van der Waals surface area contributed by atoms with Gasteiger partial charge in [0.05, 0.1) is 5.57 Å². The van der Waals surface area contributed by atoms with Crippen LogP contribution in [-0.2, 0) is 0 Å². The number of allylic oxidation sites excluding steroid dienone is 6. The first-order valence-electron chi connectivity index (χ1n) is 14.3. The van der Waals surface area contributed by atoms with Crippen molar-refractivity contribution in [2.24, 2.45) is 0 Å². The highest BCUT2D eigenvalue weighted by Gasteiger charge is 2.33. The predicted octanol–water partition coefficient (Wildman–Crippen LogP) is 9.96. The Balaban J connectivity index is 1.27. The standard InChI is InChI=1S/C38H27NOS/c39-23-34-27(26-18-20-30-29-11-4-6-15-35(29)40-36(30)22-26)19-17-25(21-33(34)24-9-2-1-3-10-24)28-13-8-14-32-31-12-5-7-16-37(31)41-38(28)32/h1-16,18,20-22,25,29,35H,17,19H2. The van der Waals surface area contributed by atoms with Gasteiger partial charge in [0.25, 0.3) is 0 Å². The summed E-state index contributed by atoms with van der Waals surface area (Å²) in [7, 11) is 0. The van der Waals surface area contributed by atoms with Gasteiger partial charge in [0.1, 0.15) is 17.9 Å². The van der Waals surface area contributed by atoms with Gasteiger partial charge in [0.2, 0.25) is 0 Å². The van der Waals surface area contributed by atoms with E-state index in [1.54, 1.807) is 0 Å². The zero-order valence-corrected chi connectivity index (χ0v) is 23.3. The molecule has 1 aliphatic heterocycles. The Hall–Kier alpha value is -4.65. The fraction of sp³-hybridized carbons (Fsp3) is 0.132. The maximum Gasteiger partial charge on any atom is 0.128 e. The summed E-state index contributed by atoms with van der Waals surface area (Å²) in [6, 6.07) is 35.0. The molecule has 0 saturated carbocycles. The van der Waals surface area contributed by atoms with Gasteiger partial charge in [0.15, 0.2) is 0 Å². The second-order valence-electron chi connectivity index (χ2n) is 11.0. The van der Waals surface area contributed by atoms with Crippen molar-refractivity contribution in [3.05, 3.63) is 149 Å². The largest absolute Gasteiger partial charge is 0.485 e. The second-order valence-corrected chi connectivity index (χ2v) is 12.1. The number of ether oxygens (including phenoxy) is 1. The normalized spacial score (nSPS) is 21.2. The van der Waals surface area contributed by atoms with E-state index >= 15 is 0 Å². The van der Waals surface area contributed by atoms with Crippen LogP contribution < -0.4 is 4.74 Å². The summed E-state index contributed by atoms with van der Waals surface area (Å²) in [5.41, 5.74) is 7.60. The highest BCUT2D eigenvalue weighted by molar-refractivity contribution is 7.26. The van der Waals surface area contributed by atoms with Gasteiger partial charge >= 0.3 is 0 Å². The molecule has 0 spiro atoms. The fourth-order valence-electron chi connectivity index (χ4n) is 6.76. The third kappa shape index (κ3) is 3.98. The number of hydrogen-bond donors (Lipinski definition) is 0. The lowest BCUT2D eigenvalue weighted by Gasteiger charge is -2.15. The Morgan fingerprint density at radius 2 is 1.61 bits per heavy atom.